The number of carbonyl (C=O) groups excluding carboxylic acids is 2. The minimum absolute atomic E-state index is 0.0734. The van der Waals surface area contributed by atoms with Crippen LogP contribution in [-0.4, -0.2) is 37.1 Å². The molecule has 2 aromatic heterocycles. The monoisotopic (exact) mass is 448 g/mol. The van der Waals surface area contributed by atoms with Crippen LogP contribution in [0.25, 0.3) is 17.1 Å². The Bertz CT molecular complexity index is 1290. The first kappa shape index (κ1) is 21.7. The zero-order valence-corrected chi connectivity index (χ0v) is 18.7. The van der Waals surface area contributed by atoms with Crippen LogP contribution in [-0.2, 0) is 0 Å². The molecule has 4 aromatic rings. The third-order valence-electron chi connectivity index (χ3n) is 5.15. The number of rotatable bonds is 7. The molecule has 0 amide bonds. The lowest BCUT2D eigenvalue weighted by Crippen LogP contribution is -2.07. The third kappa shape index (κ3) is 4.13. The molecule has 0 spiro atoms. The number of H-pyrrole nitrogens is 1. The molecule has 0 bridgehead atoms. The predicted octanol–water partition coefficient (Wildman–Crippen LogP) is 5.20. The number of thioether (sulfide) groups is 1. The van der Waals surface area contributed by atoms with Gasteiger partial charge < -0.3 is 4.98 Å². The number of aromatic amines is 1. The normalized spacial score (nSPS) is 11.0. The summed E-state index contributed by atoms with van der Waals surface area (Å²) in [4.78, 5) is 27.9. The molecule has 2 heterocycles. The number of nitrogens with zero attached hydrogens (tertiary/aromatic N) is 3. The first-order valence-corrected chi connectivity index (χ1v) is 11.0. The number of nitrogens with one attached hydrogen (secondary N) is 1. The number of hydrogen-bond acceptors (Lipinski definition) is 5. The van der Waals surface area contributed by atoms with Gasteiger partial charge in [-0.05, 0) is 62.7 Å². The highest BCUT2D eigenvalue weighted by Crippen LogP contribution is 2.29. The maximum atomic E-state index is 13.4. The zero-order valence-electron chi connectivity index (χ0n) is 17.8. The molecule has 0 fully saturated rings. The molecule has 0 aliphatic heterocycles. The van der Waals surface area contributed by atoms with Crippen LogP contribution in [0, 0.1) is 19.7 Å². The molecule has 32 heavy (non-hydrogen) atoms. The maximum Gasteiger partial charge on any atom is 0.196 e. The Kier molecular flexibility index (Phi) is 6.05. The number of aryl methyl sites for hydroxylation is 1. The summed E-state index contributed by atoms with van der Waals surface area (Å²) in [6.07, 6.45) is 0. The maximum absolute atomic E-state index is 13.4. The van der Waals surface area contributed by atoms with Crippen molar-refractivity contribution in [3.05, 3.63) is 82.9 Å². The van der Waals surface area contributed by atoms with Gasteiger partial charge in [-0.3, -0.25) is 14.2 Å². The summed E-state index contributed by atoms with van der Waals surface area (Å²) in [6.45, 7) is 5.05. The second-order valence-corrected chi connectivity index (χ2v) is 8.32. The van der Waals surface area contributed by atoms with E-state index in [0.717, 1.165) is 5.69 Å². The fourth-order valence-corrected chi connectivity index (χ4v) is 4.54. The topological polar surface area (TPSA) is 80.6 Å². The molecule has 1 N–H and O–H groups in total. The number of carbonyl (C=O) groups is 2. The summed E-state index contributed by atoms with van der Waals surface area (Å²) in [5.41, 5.74) is 3.89. The average Bonchev–Trinajstić information content (AvgIpc) is 3.33. The Morgan fingerprint density at radius 3 is 2.34 bits per heavy atom. The number of hydrogen-bond donors (Lipinski definition) is 1. The van der Waals surface area contributed by atoms with Gasteiger partial charge in [-0.1, -0.05) is 30.0 Å². The Morgan fingerprint density at radius 1 is 1.03 bits per heavy atom. The SMILES string of the molecule is CC(=O)c1c(C)[nH]c(C(=O)CSc2nnc(-c3ccc(F)cc3)n2-c2ccccc2)c1C. The van der Waals surface area contributed by atoms with Crippen LogP contribution >= 0.6 is 11.8 Å². The van der Waals surface area contributed by atoms with Crippen LogP contribution in [0.5, 0.6) is 0 Å². The molecular formula is C24H21FN4O2S. The lowest BCUT2D eigenvalue weighted by Gasteiger charge is -2.10. The molecule has 0 unspecified atom stereocenters. The van der Waals surface area contributed by atoms with E-state index in [1.807, 2.05) is 34.9 Å². The summed E-state index contributed by atoms with van der Waals surface area (Å²) in [6, 6.07) is 15.6. The second-order valence-electron chi connectivity index (χ2n) is 7.38. The van der Waals surface area contributed by atoms with Gasteiger partial charge in [-0.15, -0.1) is 10.2 Å². The summed E-state index contributed by atoms with van der Waals surface area (Å²) < 4.78 is 15.3. The van der Waals surface area contributed by atoms with Gasteiger partial charge in [-0.25, -0.2) is 4.39 Å². The third-order valence-corrected chi connectivity index (χ3v) is 6.08. The van der Waals surface area contributed by atoms with Crippen molar-refractivity contribution in [2.75, 3.05) is 5.75 Å². The summed E-state index contributed by atoms with van der Waals surface area (Å²) in [7, 11) is 0. The fourth-order valence-electron chi connectivity index (χ4n) is 3.72. The first-order valence-electron chi connectivity index (χ1n) is 9.99. The van der Waals surface area contributed by atoms with E-state index in [1.54, 1.807) is 26.0 Å². The Morgan fingerprint density at radius 2 is 1.72 bits per heavy atom. The highest BCUT2D eigenvalue weighted by molar-refractivity contribution is 7.99. The number of ketones is 2. The van der Waals surface area contributed by atoms with Crippen molar-refractivity contribution in [3.8, 4) is 17.1 Å². The zero-order chi connectivity index (χ0) is 22.8. The molecule has 0 radical (unpaired) electrons. The molecular weight excluding hydrogens is 427 g/mol. The first-order chi connectivity index (χ1) is 15.4. The predicted molar refractivity (Wildman–Crippen MR) is 122 cm³/mol. The van der Waals surface area contributed by atoms with Gasteiger partial charge in [0.15, 0.2) is 22.5 Å². The van der Waals surface area contributed by atoms with E-state index < -0.39 is 0 Å². The van der Waals surface area contributed by atoms with E-state index in [4.69, 9.17) is 0 Å². The largest absolute Gasteiger partial charge is 0.355 e. The Balaban J connectivity index is 1.66. The summed E-state index contributed by atoms with van der Waals surface area (Å²) >= 11 is 1.26. The highest BCUT2D eigenvalue weighted by Gasteiger charge is 2.22. The van der Waals surface area contributed by atoms with E-state index in [0.29, 0.717) is 39.1 Å². The molecule has 0 atom stereocenters. The molecule has 6 nitrogen and oxygen atoms in total. The minimum Gasteiger partial charge on any atom is -0.355 e. The van der Waals surface area contributed by atoms with Gasteiger partial charge in [-0.2, -0.15) is 0 Å². The average molecular weight is 449 g/mol. The van der Waals surface area contributed by atoms with Crippen LogP contribution in [0.3, 0.4) is 0 Å². The molecule has 8 heteroatoms. The van der Waals surface area contributed by atoms with Crippen molar-refractivity contribution in [2.45, 2.75) is 25.9 Å². The van der Waals surface area contributed by atoms with Crippen LogP contribution < -0.4 is 0 Å². The van der Waals surface area contributed by atoms with E-state index in [9.17, 15) is 14.0 Å². The standard InChI is InChI=1S/C24H21FN4O2S/c1-14-21(16(3)30)15(2)26-22(14)20(31)13-32-24-28-27-23(17-9-11-18(25)12-10-17)29(24)19-7-5-4-6-8-19/h4-12,26H,13H2,1-3H3. The molecule has 162 valence electrons. The van der Waals surface area contributed by atoms with Crippen molar-refractivity contribution in [2.24, 2.45) is 0 Å². The van der Waals surface area contributed by atoms with Gasteiger partial charge in [0.1, 0.15) is 5.82 Å². The van der Waals surface area contributed by atoms with Crippen molar-refractivity contribution in [1.29, 1.82) is 0 Å². The van der Waals surface area contributed by atoms with E-state index >= 15 is 0 Å². The highest BCUT2D eigenvalue weighted by atomic mass is 32.2. The summed E-state index contributed by atoms with van der Waals surface area (Å²) in [5, 5.41) is 9.14. The molecule has 2 aromatic carbocycles. The van der Waals surface area contributed by atoms with Crippen LogP contribution in [0.2, 0.25) is 0 Å². The molecule has 0 saturated heterocycles. The van der Waals surface area contributed by atoms with Gasteiger partial charge in [0.2, 0.25) is 0 Å². The number of halogens is 1. The molecule has 0 saturated carbocycles. The minimum atomic E-state index is -0.332. The van der Waals surface area contributed by atoms with Crippen LogP contribution in [0.15, 0.2) is 59.8 Å². The molecule has 0 aliphatic carbocycles. The van der Waals surface area contributed by atoms with E-state index in [2.05, 4.69) is 15.2 Å². The van der Waals surface area contributed by atoms with Gasteiger partial charge >= 0.3 is 0 Å². The number of Topliss-reactive ketones (excluding diaryl/α,β-unsaturated/α-hetero) is 2. The van der Waals surface area contributed by atoms with Gasteiger partial charge in [0, 0.05) is 22.5 Å². The number of para-hydroxylation sites is 1. The number of aromatic nitrogens is 4. The van der Waals surface area contributed by atoms with Crippen LogP contribution in [0.1, 0.15) is 39.0 Å². The number of benzene rings is 2. The van der Waals surface area contributed by atoms with Crippen molar-refractivity contribution >= 4 is 23.3 Å². The van der Waals surface area contributed by atoms with E-state index in [-0.39, 0.29) is 23.1 Å². The van der Waals surface area contributed by atoms with Crippen LogP contribution in [0.4, 0.5) is 4.39 Å². The van der Waals surface area contributed by atoms with Crippen molar-refractivity contribution < 1.29 is 14.0 Å². The van der Waals surface area contributed by atoms with Crippen molar-refractivity contribution in [3.63, 3.8) is 0 Å². The lowest BCUT2D eigenvalue weighted by molar-refractivity contribution is 0.101. The Labute approximate surface area is 188 Å². The summed E-state index contributed by atoms with van der Waals surface area (Å²) in [5.74, 6) is 0.134. The van der Waals surface area contributed by atoms with Crippen molar-refractivity contribution in [1.82, 2.24) is 19.7 Å². The smallest absolute Gasteiger partial charge is 0.196 e. The van der Waals surface area contributed by atoms with E-state index in [1.165, 1.54) is 30.8 Å². The lowest BCUT2D eigenvalue weighted by atomic mass is 10.1. The quantitative estimate of drug-likeness (QED) is 0.311. The molecule has 0 aliphatic rings. The molecule has 4 rings (SSSR count). The second kappa shape index (κ2) is 8.92. The fraction of sp³-hybridized carbons (Fsp3) is 0.167. The van der Waals surface area contributed by atoms with Gasteiger partial charge in [0.05, 0.1) is 11.4 Å². The Hall–Kier alpha value is -3.52. The van der Waals surface area contributed by atoms with Gasteiger partial charge in [0.25, 0.3) is 0 Å².